The van der Waals surface area contributed by atoms with E-state index in [4.69, 9.17) is 4.74 Å². The van der Waals surface area contributed by atoms with Crippen molar-refractivity contribution >= 4 is 6.09 Å². The maximum Gasteiger partial charge on any atom is 0.407 e. The molecule has 1 aromatic heterocycles. The molecule has 1 heterocycles. The molecule has 0 radical (unpaired) electrons. The summed E-state index contributed by atoms with van der Waals surface area (Å²) in [4.78, 5) is 16.0. The molecule has 0 atom stereocenters. The second kappa shape index (κ2) is 8.29. The van der Waals surface area contributed by atoms with Crippen LogP contribution in [0, 0.1) is 0 Å². The number of carbonyl (C=O) groups is 1. The Balaban J connectivity index is 1.54. The second-order valence-electron chi connectivity index (χ2n) is 7.13. The summed E-state index contributed by atoms with van der Waals surface area (Å²) in [6.45, 7) is 7.99. The average molecular weight is 319 g/mol. The van der Waals surface area contributed by atoms with Crippen LogP contribution in [0.15, 0.2) is 18.3 Å². The van der Waals surface area contributed by atoms with Crippen LogP contribution in [0.1, 0.15) is 63.6 Å². The second-order valence-corrected chi connectivity index (χ2v) is 7.13. The minimum atomic E-state index is -0.437. The molecule has 1 aliphatic rings. The van der Waals surface area contributed by atoms with Gasteiger partial charge in [0.05, 0.1) is 5.69 Å². The zero-order valence-electron chi connectivity index (χ0n) is 14.5. The molecule has 0 bridgehead atoms. The van der Waals surface area contributed by atoms with Gasteiger partial charge in [0.25, 0.3) is 0 Å². The first-order valence-corrected chi connectivity index (χ1v) is 8.57. The summed E-state index contributed by atoms with van der Waals surface area (Å²) in [6.07, 6.45) is 6.08. The number of nitrogens with one attached hydrogen (secondary N) is 2. The maximum absolute atomic E-state index is 11.5. The lowest BCUT2D eigenvalue weighted by Gasteiger charge is -2.19. The molecule has 5 heteroatoms. The quantitative estimate of drug-likeness (QED) is 0.721. The molecule has 2 rings (SSSR count). The number of hydrogen-bond donors (Lipinski definition) is 2. The van der Waals surface area contributed by atoms with Crippen molar-refractivity contribution in [2.75, 3.05) is 13.1 Å². The number of alkyl carbamates (subject to hydrolysis) is 1. The third-order valence-electron chi connectivity index (χ3n) is 3.68. The largest absolute Gasteiger partial charge is 0.444 e. The molecule has 0 aromatic carbocycles. The lowest BCUT2D eigenvalue weighted by atomic mass is 10.1. The zero-order chi connectivity index (χ0) is 16.7. The Hall–Kier alpha value is -1.62. The first kappa shape index (κ1) is 17.7. The van der Waals surface area contributed by atoms with Gasteiger partial charge in [-0.15, -0.1) is 0 Å². The van der Waals surface area contributed by atoms with Gasteiger partial charge in [-0.3, -0.25) is 4.98 Å². The van der Waals surface area contributed by atoms with Crippen molar-refractivity contribution in [2.45, 2.75) is 64.5 Å². The first-order chi connectivity index (χ1) is 11.0. The molecule has 1 saturated carbocycles. The van der Waals surface area contributed by atoms with Crippen LogP contribution in [0.2, 0.25) is 0 Å². The smallest absolute Gasteiger partial charge is 0.407 e. The minimum Gasteiger partial charge on any atom is -0.444 e. The van der Waals surface area contributed by atoms with Crippen molar-refractivity contribution in [3.05, 3.63) is 29.6 Å². The molecule has 0 aliphatic heterocycles. The summed E-state index contributed by atoms with van der Waals surface area (Å²) >= 11 is 0. The van der Waals surface area contributed by atoms with Gasteiger partial charge >= 0.3 is 6.09 Å². The predicted molar refractivity (Wildman–Crippen MR) is 91.4 cm³/mol. The normalized spacial score (nSPS) is 14.6. The van der Waals surface area contributed by atoms with Crippen molar-refractivity contribution in [1.82, 2.24) is 15.6 Å². The van der Waals surface area contributed by atoms with Gasteiger partial charge in [0.15, 0.2) is 0 Å². The number of pyridine rings is 1. The average Bonchev–Trinajstić information content (AvgIpc) is 3.29. The van der Waals surface area contributed by atoms with Gasteiger partial charge in [-0.05, 0) is 70.5 Å². The van der Waals surface area contributed by atoms with Crippen LogP contribution in [0.5, 0.6) is 0 Å². The Morgan fingerprint density at radius 3 is 2.74 bits per heavy atom. The number of hydrogen-bond acceptors (Lipinski definition) is 4. The molecule has 1 aliphatic carbocycles. The van der Waals surface area contributed by atoms with Crippen molar-refractivity contribution in [3.8, 4) is 0 Å². The lowest BCUT2D eigenvalue weighted by Crippen LogP contribution is -2.33. The Kier molecular flexibility index (Phi) is 6.39. The van der Waals surface area contributed by atoms with Gasteiger partial charge in [0, 0.05) is 19.3 Å². The number of amides is 1. The molecular formula is C18H29N3O2. The van der Waals surface area contributed by atoms with Crippen LogP contribution in [0.25, 0.3) is 0 Å². The number of ether oxygens (including phenoxy) is 1. The molecule has 2 N–H and O–H groups in total. The van der Waals surface area contributed by atoms with Crippen LogP contribution in [-0.2, 0) is 11.3 Å². The highest BCUT2D eigenvalue weighted by Crippen LogP contribution is 2.41. The number of nitrogens with zero attached hydrogens (tertiary/aromatic N) is 1. The van der Waals surface area contributed by atoms with Crippen LogP contribution in [0.3, 0.4) is 0 Å². The Bertz CT molecular complexity index is 507. The molecular weight excluding hydrogens is 290 g/mol. The van der Waals surface area contributed by atoms with E-state index in [1.807, 2.05) is 33.0 Å². The Morgan fingerprint density at radius 1 is 1.30 bits per heavy atom. The molecule has 0 spiro atoms. The van der Waals surface area contributed by atoms with E-state index in [1.54, 1.807) is 0 Å². The van der Waals surface area contributed by atoms with Gasteiger partial charge in [-0.2, -0.15) is 0 Å². The predicted octanol–water partition coefficient (Wildman–Crippen LogP) is 3.35. The Labute approximate surface area is 139 Å². The summed E-state index contributed by atoms with van der Waals surface area (Å²) < 4.78 is 5.19. The van der Waals surface area contributed by atoms with E-state index in [1.165, 1.54) is 24.1 Å². The van der Waals surface area contributed by atoms with Crippen molar-refractivity contribution < 1.29 is 9.53 Å². The van der Waals surface area contributed by atoms with Crippen molar-refractivity contribution in [3.63, 3.8) is 0 Å². The zero-order valence-corrected chi connectivity index (χ0v) is 14.5. The molecule has 23 heavy (non-hydrogen) atoms. The van der Waals surface area contributed by atoms with E-state index in [-0.39, 0.29) is 6.09 Å². The summed E-state index contributed by atoms with van der Waals surface area (Å²) in [5.41, 5.74) is 2.15. The minimum absolute atomic E-state index is 0.340. The highest BCUT2D eigenvalue weighted by molar-refractivity contribution is 5.67. The third-order valence-corrected chi connectivity index (χ3v) is 3.68. The third kappa shape index (κ3) is 6.99. The van der Waals surface area contributed by atoms with Gasteiger partial charge in [-0.1, -0.05) is 6.07 Å². The Morgan fingerprint density at radius 2 is 2.04 bits per heavy atom. The molecule has 128 valence electrons. The summed E-state index contributed by atoms with van der Waals surface area (Å²) in [6, 6.07) is 4.23. The fourth-order valence-corrected chi connectivity index (χ4v) is 2.45. The summed E-state index contributed by atoms with van der Waals surface area (Å²) in [5.74, 6) is 0.735. The van der Waals surface area contributed by atoms with E-state index in [0.717, 1.165) is 31.8 Å². The van der Waals surface area contributed by atoms with Gasteiger partial charge in [-0.25, -0.2) is 4.79 Å². The molecule has 1 amide bonds. The van der Waals surface area contributed by atoms with Gasteiger partial charge in [0.2, 0.25) is 0 Å². The van der Waals surface area contributed by atoms with Gasteiger partial charge < -0.3 is 15.4 Å². The molecule has 0 saturated heterocycles. The van der Waals surface area contributed by atoms with Gasteiger partial charge in [0.1, 0.15) is 5.60 Å². The van der Waals surface area contributed by atoms with Crippen molar-refractivity contribution in [1.29, 1.82) is 0 Å². The number of aromatic nitrogens is 1. The maximum atomic E-state index is 11.5. The molecule has 0 unspecified atom stereocenters. The van der Waals surface area contributed by atoms with Crippen LogP contribution in [-0.4, -0.2) is 29.8 Å². The van der Waals surface area contributed by atoms with E-state index >= 15 is 0 Å². The van der Waals surface area contributed by atoms with Crippen molar-refractivity contribution in [2.24, 2.45) is 0 Å². The topological polar surface area (TPSA) is 63.2 Å². The van der Waals surface area contributed by atoms with Crippen LogP contribution < -0.4 is 10.6 Å². The SMILES string of the molecule is CC(C)(C)OC(=O)NCCCCNCc1ncccc1C1CC1. The fraction of sp³-hybridized carbons (Fsp3) is 0.667. The highest BCUT2D eigenvalue weighted by atomic mass is 16.6. The monoisotopic (exact) mass is 319 g/mol. The molecule has 5 nitrogen and oxygen atoms in total. The lowest BCUT2D eigenvalue weighted by molar-refractivity contribution is 0.0527. The number of carbonyl (C=O) groups excluding carboxylic acids is 1. The van der Waals surface area contributed by atoms with E-state index in [0.29, 0.717) is 6.54 Å². The molecule has 1 fully saturated rings. The first-order valence-electron chi connectivity index (χ1n) is 8.57. The van der Waals surface area contributed by atoms with E-state index < -0.39 is 5.60 Å². The standard InChI is InChI=1S/C18H29N3O2/c1-18(2,3)23-17(22)21-11-5-4-10-19-13-16-15(14-8-9-14)7-6-12-20-16/h6-7,12,14,19H,4-5,8-11,13H2,1-3H3,(H,21,22). The summed E-state index contributed by atoms with van der Waals surface area (Å²) in [5, 5.41) is 6.22. The van der Waals surface area contributed by atoms with E-state index in [9.17, 15) is 4.79 Å². The fourth-order valence-electron chi connectivity index (χ4n) is 2.45. The molecule has 1 aromatic rings. The number of rotatable bonds is 8. The van der Waals surface area contributed by atoms with Crippen LogP contribution >= 0.6 is 0 Å². The van der Waals surface area contributed by atoms with E-state index in [2.05, 4.69) is 21.7 Å². The summed E-state index contributed by atoms with van der Waals surface area (Å²) in [7, 11) is 0. The highest BCUT2D eigenvalue weighted by Gasteiger charge is 2.25. The number of unbranched alkanes of at least 4 members (excludes halogenated alkanes) is 1. The van der Waals surface area contributed by atoms with Crippen LogP contribution in [0.4, 0.5) is 4.79 Å².